The van der Waals surface area contributed by atoms with Crippen molar-refractivity contribution in [1.82, 2.24) is 0 Å². The van der Waals surface area contributed by atoms with Crippen molar-refractivity contribution in [3.05, 3.63) is 0 Å². The van der Waals surface area contributed by atoms with Crippen LogP contribution in [0.4, 0.5) is 0 Å². The number of phosphoric acid groups is 2. The molecular formula is C76H148O17P2. The van der Waals surface area contributed by atoms with Crippen LogP contribution in [0, 0.1) is 17.8 Å². The van der Waals surface area contributed by atoms with Gasteiger partial charge in [0.2, 0.25) is 0 Å². The smallest absolute Gasteiger partial charge is 0.462 e. The van der Waals surface area contributed by atoms with Gasteiger partial charge in [-0.25, -0.2) is 9.13 Å². The Morgan fingerprint density at radius 2 is 0.484 bits per heavy atom. The number of phosphoric ester groups is 2. The van der Waals surface area contributed by atoms with E-state index in [1.807, 2.05) is 0 Å². The molecule has 5 atom stereocenters. The highest BCUT2D eigenvalue weighted by atomic mass is 31.2. The van der Waals surface area contributed by atoms with E-state index in [-0.39, 0.29) is 25.7 Å². The Balaban J connectivity index is 5.23. The van der Waals surface area contributed by atoms with Crippen LogP contribution in [-0.4, -0.2) is 96.7 Å². The zero-order chi connectivity index (χ0) is 70.1. The number of aliphatic hydroxyl groups is 1. The lowest BCUT2D eigenvalue weighted by molar-refractivity contribution is -0.161. The van der Waals surface area contributed by atoms with Crippen LogP contribution < -0.4 is 0 Å². The van der Waals surface area contributed by atoms with Gasteiger partial charge in [0.1, 0.15) is 19.3 Å². The molecule has 95 heavy (non-hydrogen) atoms. The maximum atomic E-state index is 13.1. The Bertz CT molecular complexity index is 1850. The van der Waals surface area contributed by atoms with E-state index >= 15 is 0 Å². The second-order valence-corrected chi connectivity index (χ2v) is 31.7. The quantitative estimate of drug-likeness (QED) is 0.0222. The number of hydrogen-bond acceptors (Lipinski definition) is 15. The molecule has 0 aromatic carbocycles. The predicted octanol–water partition coefficient (Wildman–Crippen LogP) is 22.2. The van der Waals surface area contributed by atoms with Gasteiger partial charge in [0, 0.05) is 25.7 Å². The number of hydrogen-bond donors (Lipinski definition) is 3. The molecule has 564 valence electrons. The lowest BCUT2D eigenvalue weighted by Gasteiger charge is -2.21. The molecule has 0 aromatic heterocycles. The second kappa shape index (κ2) is 66.6. The van der Waals surface area contributed by atoms with E-state index in [0.717, 1.165) is 108 Å². The van der Waals surface area contributed by atoms with Crippen LogP contribution in [0.15, 0.2) is 0 Å². The van der Waals surface area contributed by atoms with Crippen LogP contribution in [0.3, 0.4) is 0 Å². The van der Waals surface area contributed by atoms with Crippen molar-refractivity contribution in [1.29, 1.82) is 0 Å². The molecule has 19 heteroatoms. The van der Waals surface area contributed by atoms with Crippen LogP contribution in [-0.2, 0) is 65.4 Å². The minimum Gasteiger partial charge on any atom is -0.462 e. The number of esters is 4. The van der Waals surface area contributed by atoms with Gasteiger partial charge in [0.25, 0.3) is 0 Å². The summed E-state index contributed by atoms with van der Waals surface area (Å²) in [6, 6.07) is 0. The number of ether oxygens (including phenoxy) is 4. The maximum absolute atomic E-state index is 13.1. The fraction of sp³-hybridized carbons (Fsp3) is 0.947. The monoisotopic (exact) mass is 1400 g/mol. The SMILES string of the molecule is CCCCCCCCCCCC(=O)OC[C@H](COP(=O)(O)OC[C@H](O)COP(=O)(O)OC[C@@H](COC(=O)CCCCCCCCCCCCCCCCC(C)C)OC(=O)CCCCCCCCCCCCCCCCC(C)C)OC(=O)CCCCCCCCCCCC(C)C. The largest absolute Gasteiger partial charge is 0.472 e. The number of aliphatic hydroxyl groups excluding tert-OH is 1. The maximum Gasteiger partial charge on any atom is 0.472 e. The second-order valence-electron chi connectivity index (χ2n) is 28.8. The highest BCUT2D eigenvalue weighted by Crippen LogP contribution is 2.45. The van der Waals surface area contributed by atoms with Crippen LogP contribution >= 0.6 is 15.6 Å². The van der Waals surface area contributed by atoms with E-state index in [2.05, 4.69) is 48.5 Å². The topological polar surface area (TPSA) is 237 Å². The minimum atomic E-state index is -4.96. The summed E-state index contributed by atoms with van der Waals surface area (Å²) < 4.78 is 68.5. The summed E-state index contributed by atoms with van der Waals surface area (Å²) in [6.07, 6.45) is 52.7. The van der Waals surface area contributed by atoms with Gasteiger partial charge in [-0.3, -0.25) is 37.3 Å². The van der Waals surface area contributed by atoms with Gasteiger partial charge in [-0.05, 0) is 43.4 Å². The Morgan fingerprint density at radius 3 is 0.716 bits per heavy atom. The summed E-state index contributed by atoms with van der Waals surface area (Å²) in [5.74, 6) is 0.212. The van der Waals surface area contributed by atoms with Crippen molar-refractivity contribution >= 4 is 39.5 Å². The van der Waals surface area contributed by atoms with Crippen LogP contribution in [0.1, 0.15) is 389 Å². The number of rotatable bonds is 74. The summed E-state index contributed by atoms with van der Waals surface area (Å²) in [5, 5.41) is 10.6. The van der Waals surface area contributed by atoms with E-state index in [4.69, 9.17) is 37.0 Å². The summed E-state index contributed by atoms with van der Waals surface area (Å²) in [4.78, 5) is 72.8. The molecule has 0 aliphatic rings. The highest BCUT2D eigenvalue weighted by Gasteiger charge is 2.30. The number of carbonyl (C=O) groups excluding carboxylic acids is 4. The standard InChI is InChI=1S/C76H148O17P2/c1-8-9-10-11-12-26-36-43-50-57-73(78)86-63-71(93-76(81)60-53-46-39-32-25-29-35-42-49-56-69(6)7)65-90-94(82,83)88-61-70(77)62-89-95(84,85)91-66-72(92-75(80)59-52-45-38-31-24-20-16-14-18-22-28-34-41-48-55-68(4)5)64-87-74(79)58-51-44-37-30-23-19-15-13-17-21-27-33-40-47-54-67(2)3/h67-72,77H,8-66H2,1-7H3,(H,82,83)(H,84,85)/t70-,71+,72+/m0/s1. The zero-order valence-electron chi connectivity index (χ0n) is 62.1. The number of carbonyl (C=O) groups is 4. The fourth-order valence-corrected chi connectivity index (χ4v) is 13.2. The molecule has 0 radical (unpaired) electrons. The van der Waals surface area contributed by atoms with Crippen molar-refractivity contribution in [2.24, 2.45) is 17.8 Å². The fourth-order valence-electron chi connectivity index (χ4n) is 11.6. The molecule has 0 rings (SSSR count). The minimum absolute atomic E-state index is 0.105. The Kier molecular flexibility index (Phi) is 65.2. The third kappa shape index (κ3) is 70.3. The Hall–Kier alpha value is -1.94. The van der Waals surface area contributed by atoms with E-state index in [9.17, 15) is 43.2 Å². The van der Waals surface area contributed by atoms with Crippen molar-refractivity contribution in [2.75, 3.05) is 39.6 Å². The van der Waals surface area contributed by atoms with Gasteiger partial charge in [-0.1, -0.05) is 337 Å². The first kappa shape index (κ1) is 93.1. The molecule has 0 aliphatic carbocycles. The first-order valence-electron chi connectivity index (χ1n) is 39.3. The summed E-state index contributed by atoms with van der Waals surface area (Å²) in [6.45, 7) is 11.9. The summed E-state index contributed by atoms with van der Waals surface area (Å²) >= 11 is 0. The molecule has 17 nitrogen and oxygen atoms in total. The predicted molar refractivity (Wildman–Crippen MR) is 386 cm³/mol. The number of unbranched alkanes of at least 4 members (excludes halogenated alkanes) is 42. The lowest BCUT2D eigenvalue weighted by Crippen LogP contribution is -2.30. The molecule has 0 spiro atoms. The molecule has 0 saturated carbocycles. The Morgan fingerprint density at radius 1 is 0.284 bits per heavy atom. The van der Waals surface area contributed by atoms with Crippen molar-refractivity contribution in [2.45, 2.75) is 407 Å². The molecule has 3 N–H and O–H groups in total. The van der Waals surface area contributed by atoms with Gasteiger partial charge >= 0.3 is 39.5 Å². The third-order valence-corrected chi connectivity index (χ3v) is 19.5. The van der Waals surface area contributed by atoms with Crippen LogP contribution in [0.5, 0.6) is 0 Å². The average Bonchev–Trinajstić information content (AvgIpc) is 1.26. The molecule has 0 heterocycles. The summed E-state index contributed by atoms with van der Waals surface area (Å²) in [5.41, 5.74) is 0. The first-order chi connectivity index (χ1) is 45.7. The van der Waals surface area contributed by atoms with Crippen LogP contribution in [0.25, 0.3) is 0 Å². The van der Waals surface area contributed by atoms with Gasteiger partial charge in [0.05, 0.1) is 26.4 Å². The average molecular weight is 1400 g/mol. The van der Waals surface area contributed by atoms with Crippen molar-refractivity contribution in [3.8, 4) is 0 Å². The first-order valence-corrected chi connectivity index (χ1v) is 42.3. The Labute approximate surface area is 581 Å². The molecule has 0 aromatic rings. The van der Waals surface area contributed by atoms with Gasteiger partial charge in [0.15, 0.2) is 12.2 Å². The van der Waals surface area contributed by atoms with Crippen LogP contribution in [0.2, 0.25) is 0 Å². The molecule has 0 amide bonds. The lowest BCUT2D eigenvalue weighted by atomic mass is 10.0. The van der Waals surface area contributed by atoms with E-state index < -0.39 is 97.5 Å². The summed E-state index contributed by atoms with van der Waals surface area (Å²) in [7, 11) is -9.91. The zero-order valence-corrected chi connectivity index (χ0v) is 63.9. The van der Waals surface area contributed by atoms with Gasteiger partial charge in [-0.15, -0.1) is 0 Å². The van der Waals surface area contributed by atoms with Gasteiger partial charge < -0.3 is 33.8 Å². The molecule has 0 bridgehead atoms. The molecule has 0 aliphatic heterocycles. The molecule has 0 saturated heterocycles. The molecule has 0 fully saturated rings. The molecular weight excluding hydrogens is 1250 g/mol. The van der Waals surface area contributed by atoms with E-state index in [1.54, 1.807) is 0 Å². The van der Waals surface area contributed by atoms with E-state index in [1.165, 1.54) is 199 Å². The van der Waals surface area contributed by atoms with Crippen molar-refractivity contribution in [3.63, 3.8) is 0 Å². The molecule has 2 unspecified atom stereocenters. The van der Waals surface area contributed by atoms with E-state index in [0.29, 0.717) is 25.7 Å². The van der Waals surface area contributed by atoms with Gasteiger partial charge in [-0.2, -0.15) is 0 Å². The highest BCUT2D eigenvalue weighted by molar-refractivity contribution is 7.47. The van der Waals surface area contributed by atoms with Crippen molar-refractivity contribution < 1.29 is 80.2 Å². The normalized spacial score (nSPS) is 14.1. The third-order valence-electron chi connectivity index (χ3n) is 17.6.